The van der Waals surface area contributed by atoms with E-state index in [9.17, 15) is 36.8 Å². The van der Waals surface area contributed by atoms with Crippen LogP contribution in [0.5, 0.6) is 5.88 Å². The lowest BCUT2D eigenvalue weighted by Crippen LogP contribution is -2.57. The summed E-state index contributed by atoms with van der Waals surface area (Å²) in [6, 6.07) is 4.97. The molecule has 194 valence electrons. The number of ether oxygens (including phenoxy) is 2. The number of nitriles is 1. The van der Waals surface area contributed by atoms with Gasteiger partial charge in [-0.25, -0.2) is 18.1 Å². The van der Waals surface area contributed by atoms with Crippen molar-refractivity contribution in [2.75, 3.05) is 24.9 Å². The van der Waals surface area contributed by atoms with E-state index >= 15 is 0 Å². The van der Waals surface area contributed by atoms with Crippen molar-refractivity contribution in [3.63, 3.8) is 0 Å². The van der Waals surface area contributed by atoms with Crippen LogP contribution in [0.25, 0.3) is 16.9 Å². The van der Waals surface area contributed by atoms with E-state index in [0.717, 1.165) is 29.1 Å². The number of nitrogens with zero attached hydrogens (tertiary/aromatic N) is 6. The monoisotopic (exact) mass is 544 g/mol. The molecule has 3 heterocycles. The average molecular weight is 545 g/mol. The van der Waals surface area contributed by atoms with Gasteiger partial charge in [-0.1, -0.05) is 17.7 Å². The average Bonchev–Trinajstić information content (AvgIpc) is 2.80. The molecule has 0 N–H and O–H groups in total. The van der Waals surface area contributed by atoms with Crippen molar-refractivity contribution < 1.29 is 31.4 Å². The zero-order valence-electron chi connectivity index (χ0n) is 18.4. The van der Waals surface area contributed by atoms with Gasteiger partial charge in [-0.05, 0) is 17.7 Å². The Hall–Kier alpha value is -4.03. The zero-order valence-corrected chi connectivity index (χ0v) is 19.1. The fourth-order valence-electron chi connectivity index (χ4n) is 3.73. The molecule has 10 nitrogen and oxygen atoms in total. The van der Waals surface area contributed by atoms with E-state index in [0.29, 0.717) is 4.57 Å². The van der Waals surface area contributed by atoms with Crippen molar-refractivity contribution >= 4 is 17.4 Å². The fraction of sp³-hybridized carbons (Fsp3) is 0.286. The van der Waals surface area contributed by atoms with Gasteiger partial charge in [0.1, 0.15) is 24.3 Å². The molecule has 0 bridgehead atoms. The van der Waals surface area contributed by atoms with Crippen molar-refractivity contribution in [1.82, 2.24) is 19.1 Å². The third-order valence-electron chi connectivity index (χ3n) is 5.23. The maximum absolute atomic E-state index is 13.9. The first-order valence-corrected chi connectivity index (χ1v) is 10.6. The molecule has 4 rings (SSSR count). The number of hydrogen-bond donors (Lipinski definition) is 0. The highest BCUT2D eigenvalue weighted by Crippen LogP contribution is 2.34. The van der Waals surface area contributed by atoms with Gasteiger partial charge in [0.15, 0.2) is 5.82 Å². The van der Waals surface area contributed by atoms with Crippen LogP contribution in [0.3, 0.4) is 0 Å². The molecule has 0 aliphatic carbocycles. The molecule has 1 saturated heterocycles. The molecular weight excluding hydrogens is 531 g/mol. The predicted molar refractivity (Wildman–Crippen MR) is 118 cm³/mol. The minimum absolute atomic E-state index is 0.00356. The van der Waals surface area contributed by atoms with E-state index in [1.165, 1.54) is 11.0 Å². The first-order valence-electron chi connectivity index (χ1n) is 10.3. The van der Waals surface area contributed by atoms with Crippen LogP contribution in [-0.2, 0) is 11.3 Å². The third-order valence-corrected chi connectivity index (χ3v) is 5.52. The van der Waals surface area contributed by atoms with Crippen molar-refractivity contribution in [1.29, 1.82) is 5.26 Å². The summed E-state index contributed by atoms with van der Waals surface area (Å²) in [6.45, 7) is -2.67. The van der Waals surface area contributed by atoms with E-state index in [2.05, 4.69) is 19.4 Å². The van der Waals surface area contributed by atoms with Crippen LogP contribution < -0.4 is 20.9 Å². The molecular formula is C21H14ClF5N6O4. The van der Waals surface area contributed by atoms with Crippen molar-refractivity contribution in [3.05, 3.63) is 62.3 Å². The summed E-state index contributed by atoms with van der Waals surface area (Å²) in [5, 5.41) is 9.00. The molecule has 0 saturated carbocycles. The molecule has 16 heteroatoms. The highest BCUT2D eigenvalue weighted by molar-refractivity contribution is 6.31. The molecule has 0 atom stereocenters. The van der Waals surface area contributed by atoms with Crippen LogP contribution in [0.2, 0.25) is 5.02 Å². The lowest BCUT2D eigenvalue weighted by molar-refractivity contribution is -0.344. The summed E-state index contributed by atoms with van der Waals surface area (Å²) in [5.74, 6) is -1.78. The van der Waals surface area contributed by atoms with Gasteiger partial charge in [-0.2, -0.15) is 10.2 Å². The summed E-state index contributed by atoms with van der Waals surface area (Å²) in [5.41, 5.74) is -2.42. The first-order chi connectivity index (χ1) is 17.5. The van der Waals surface area contributed by atoms with E-state index in [4.69, 9.17) is 11.6 Å². The Morgan fingerprint density at radius 3 is 2.57 bits per heavy atom. The molecule has 0 unspecified atom stereocenters. The number of anilines is 1. The fourth-order valence-corrected chi connectivity index (χ4v) is 3.92. The van der Waals surface area contributed by atoms with Crippen molar-refractivity contribution in [2.45, 2.75) is 19.0 Å². The van der Waals surface area contributed by atoms with Crippen molar-refractivity contribution in [2.24, 2.45) is 0 Å². The highest BCUT2D eigenvalue weighted by Gasteiger charge is 2.41. The Morgan fingerprint density at radius 2 is 1.95 bits per heavy atom. The van der Waals surface area contributed by atoms with Gasteiger partial charge in [-0.3, -0.25) is 19.1 Å². The molecule has 3 aromatic rings. The van der Waals surface area contributed by atoms with E-state index < -0.39 is 48.8 Å². The second-order valence-corrected chi connectivity index (χ2v) is 7.96. The predicted octanol–water partition coefficient (Wildman–Crippen LogP) is 2.80. The maximum Gasteiger partial charge on any atom is 0.522 e. The maximum atomic E-state index is 13.9. The molecule has 1 fully saturated rings. The second-order valence-electron chi connectivity index (χ2n) is 7.55. The summed E-state index contributed by atoms with van der Waals surface area (Å²) >= 11 is 5.90. The molecule has 0 radical (unpaired) electrons. The van der Waals surface area contributed by atoms with Crippen LogP contribution in [-0.4, -0.2) is 51.5 Å². The Labute approximate surface area is 208 Å². The molecule has 0 amide bonds. The van der Waals surface area contributed by atoms with Gasteiger partial charge in [0, 0.05) is 13.1 Å². The summed E-state index contributed by atoms with van der Waals surface area (Å²) in [6.07, 6.45) is -4.19. The normalized spacial score (nSPS) is 13.8. The SMILES string of the molecule is N#CCn1c(N2CC(OC(F)(F)F)C2)c(-c2ccc(F)c(Cl)c2)c(=O)n(-c2cncc(OCF)n2)c1=O. The van der Waals surface area contributed by atoms with E-state index in [1.54, 1.807) is 6.07 Å². The Bertz CT molecular complexity index is 1500. The number of benzene rings is 1. The smallest absolute Gasteiger partial charge is 0.445 e. The molecule has 1 aromatic carbocycles. The Balaban J connectivity index is 1.98. The van der Waals surface area contributed by atoms with Crippen LogP contribution in [0.15, 0.2) is 40.2 Å². The summed E-state index contributed by atoms with van der Waals surface area (Å²) in [4.78, 5) is 36.0. The number of rotatable bonds is 7. The molecule has 0 spiro atoms. The lowest BCUT2D eigenvalue weighted by Gasteiger charge is -2.42. The van der Waals surface area contributed by atoms with Crippen LogP contribution >= 0.6 is 11.6 Å². The van der Waals surface area contributed by atoms with Gasteiger partial charge < -0.3 is 9.64 Å². The molecule has 37 heavy (non-hydrogen) atoms. The lowest BCUT2D eigenvalue weighted by atomic mass is 10.0. The van der Waals surface area contributed by atoms with Gasteiger partial charge in [0.2, 0.25) is 12.7 Å². The highest BCUT2D eigenvalue weighted by atomic mass is 35.5. The third kappa shape index (κ3) is 5.25. The van der Waals surface area contributed by atoms with E-state index in [1.807, 2.05) is 0 Å². The molecule has 1 aliphatic heterocycles. The Kier molecular flexibility index (Phi) is 7.14. The summed E-state index contributed by atoms with van der Waals surface area (Å²) in [7, 11) is 0. The van der Waals surface area contributed by atoms with Gasteiger partial charge in [0.25, 0.3) is 5.56 Å². The van der Waals surface area contributed by atoms with Gasteiger partial charge in [0.05, 0.1) is 29.0 Å². The minimum Gasteiger partial charge on any atom is -0.445 e. The largest absolute Gasteiger partial charge is 0.522 e. The van der Waals surface area contributed by atoms with Gasteiger partial charge >= 0.3 is 12.1 Å². The topological polar surface area (TPSA) is 115 Å². The Morgan fingerprint density at radius 1 is 1.22 bits per heavy atom. The number of alkyl halides is 4. The number of aromatic nitrogens is 4. The number of halogens is 6. The van der Waals surface area contributed by atoms with Crippen LogP contribution in [0, 0.1) is 17.1 Å². The molecule has 2 aromatic heterocycles. The second kappa shape index (κ2) is 10.1. The minimum atomic E-state index is -4.91. The zero-order chi connectivity index (χ0) is 26.9. The molecule has 1 aliphatic rings. The summed E-state index contributed by atoms with van der Waals surface area (Å²) < 4.78 is 74.4. The first kappa shape index (κ1) is 26.0. The van der Waals surface area contributed by atoms with Crippen molar-refractivity contribution in [3.8, 4) is 28.9 Å². The quantitative estimate of drug-likeness (QED) is 0.417. The standard InChI is InChI=1S/C21H14ClF5N6O4/c22-13-5-11(1-2-14(13)24)17-18(31-8-12(9-31)37-21(25,26)27)32(4-3-28)20(35)33(19(17)34)15-6-29-7-16(30-15)36-10-23/h1-2,5-7,12H,4,8-10H2. The van der Waals surface area contributed by atoms with Gasteiger partial charge in [-0.15, -0.1) is 13.2 Å². The van der Waals surface area contributed by atoms with Crippen LogP contribution in [0.4, 0.5) is 27.8 Å². The van der Waals surface area contributed by atoms with E-state index in [-0.39, 0.29) is 40.9 Å². The number of hydrogen-bond acceptors (Lipinski definition) is 8. The van der Waals surface area contributed by atoms with Crippen LogP contribution in [0.1, 0.15) is 0 Å².